The molecule has 1 aliphatic carbocycles. The Kier molecular flexibility index (Phi) is 7.18. The van der Waals surface area contributed by atoms with Gasteiger partial charge in [-0.2, -0.15) is 0 Å². The van der Waals surface area contributed by atoms with Crippen molar-refractivity contribution in [3.63, 3.8) is 0 Å². The van der Waals surface area contributed by atoms with Crippen LogP contribution in [0.2, 0.25) is 0 Å². The van der Waals surface area contributed by atoms with E-state index in [0.717, 1.165) is 5.92 Å². The molecule has 2 N–H and O–H groups in total. The monoisotopic (exact) mass is 239 g/mol. The summed E-state index contributed by atoms with van der Waals surface area (Å²) in [7, 11) is 0. The number of hydrogen-bond acceptors (Lipinski definition) is 1. The lowest BCUT2D eigenvalue weighted by molar-refractivity contribution is 0.372. The summed E-state index contributed by atoms with van der Waals surface area (Å²) < 4.78 is 0. The van der Waals surface area contributed by atoms with Crippen molar-refractivity contribution in [1.29, 1.82) is 0 Å². The maximum atomic E-state index is 6.43. The molecule has 0 aromatic rings. The minimum Gasteiger partial charge on any atom is -0.325 e. The van der Waals surface area contributed by atoms with E-state index < -0.39 is 0 Å². The van der Waals surface area contributed by atoms with Crippen LogP contribution in [0, 0.1) is 5.92 Å². The first-order chi connectivity index (χ1) is 8.16. The van der Waals surface area contributed by atoms with Crippen LogP contribution in [0.5, 0.6) is 0 Å². The molecule has 1 heteroatoms. The summed E-state index contributed by atoms with van der Waals surface area (Å²) in [6.07, 6.45) is 16.4. The molecule has 1 fully saturated rings. The summed E-state index contributed by atoms with van der Waals surface area (Å²) in [4.78, 5) is 0. The molecule has 0 aromatic carbocycles. The van der Waals surface area contributed by atoms with E-state index in [1.807, 2.05) is 0 Å². The lowest BCUT2D eigenvalue weighted by Gasteiger charge is -2.23. The zero-order valence-corrected chi connectivity index (χ0v) is 12.1. The molecule has 1 saturated carbocycles. The van der Waals surface area contributed by atoms with Crippen LogP contribution in [0.3, 0.4) is 0 Å². The predicted molar refractivity (Wildman–Crippen MR) is 77.2 cm³/mol. The second-order valence-electron chi connectivity index (χ2n) is 6.44. The number of rotatable bonds is 9. The molecule has 0 spiro atoms. The average molecular weight is 239 g/mol. The van der Waals surface area contributed by atoms with E-state index in [9.17, 15) is 0 Å². The van der Waals surface area contributed by atoms with Crippen LogP contribution in [0.4, 0.5) is 0 Å². The standard InChI is InChI=1S/C16H33N/c1-3-4-5-6-7-8-9-10-12-16(17)13-11-15(2)14-16/h15H,3-14,17H2,1-2H3. The van der Waals surface area contributed by atoms with Crippen LogP contribution in [0.15, 0.2) is 0 Å². The second-order valence-corrected chi connectivity index (χ2v) is 6.44. The molecule has 0 aromatic heterocycles. The van der Waals surface area contributed by atoms with Crippen molar-refractivity contribution in [1.82, 2.24) is 0 Å². The Morgan fingerprint density at radius 2 is 1.59 bits per heavy atom. The summed E-state index contributed by atoms with van der Waals surface area (Å²) in [6.45, 7) is 4.63. The van der Waals surface area contributed by atoms with Crippen molar-refractivity contribution in [2.45, 2.75) is 96.4 Å². The van der Waals surface area contributed by atoms with Gasteiger partial charge in [0.25, 0.3) is 0 Å². The third-order valence-electron chi connectivity index (χ3n) is 4.42. The summed E-state index contributed by atoms with van der Waals surface area (Å²) >= 11 is 0. The molecule has 2 unspecified atom stereocenters. The molecule has 0 aliphatic heterocycles. The second kappa shape index (κ2) is 8.13. The van der Waals surface area contributed by atoms with Gasteiger partial charge in [-0.05, 0) is 31.6 Å². The van der Waals surface area contributed by atoms with Crippen molar-refractivity contribution in [3.8, 4) is 0 Å². The van der Waals surface area contributed by atoms with Gasteiger partial charge < -0.3 is 5.73 Å². The first-order valence-electron chi connectivity index (χ1n) is 7.95. The predicted octanol–water partition coefficient (Wildman–Crippen LogP) is 5.03. The van der Waals surface area contributed by atoms with Crippen LogP contribution in [0.25, 0.3) is 0 Å². The Bertz CT molecular complexity index is 190. The molecule has 0 bridgehead atoms. The van der Waals surface area contributed by atoms with Gasteiger partial charge in [0.1, 0.15) is 0 Å². The molecular weight excluding hydrogens is 206 g/mol. The van der Waals surface area contributed by atoms with E-state index in [-0.39, 0.29) is 5.54 Å². The van der Waals surface area contributed by atoms with Gasteiger partial charge in [-0.3, -0.25) is 0 Å². The van der Waals surface area contributed by atoms with Gasteiger partial charge in [0.15, 0.2) is 0 Å². The fraction of sp³-hybridized carbons (Fsp3) is 1.00. The molecule has 0 radical (unpaired) electrons. The van der Waals surface area contributed by atoms with E-state index in [1.54, 1.807) is 0 Å². The minimum absolute atomic E-state index is 0.210. The smallest absolute Gasteiger partial charge is 0.0157 e. The third kappa shape index (κ3) is 6.45. The van der Waals surface area contributed by atoms with Crippen LogP contribution >= 0.6 is 0 Å². The van der Waals surface area contributed by atoms with Crippen molar-refractivity contribution in [2.75, 3.05) is 0 Å². The highest BCUT2D eigenvalue weighted by Crippen LogP contribution is 2.35. The van der Waals surface area contributed by atoms with Gasteiger partial charge in [0.2, 0.25) is 0 Å². The Hall–Kier alpha value is -0.0400. The van der Waals surface area contributed by atoms with Gasteiger partial charge >= 0.3 is 0 Å². The number of unbranched alkanes of at least 4 members (excludes halogenated alkanes) is 7. The molecule has 1 aliphatic rings. The number of hydrogen-bond donors (Lipinski definition) is 1. The van der Waals surface area contributed by atoms with Crippen LogP contribution < -0.4 is 5.73 Å². The first-order valence-corrected chi connectivity index (χ1v) is 7.95. The van der Waals surface area contributed by atoms with Crippen molar-refractivity contribution in [3.05, 3.63) is 0 Å². The molecular formula is C16H33N. The fourth-order valence-corrected chi connectivity index (χ4v) is 3.27. The van der Waals surface area contributed by atoms with E-state index in [2.05, 4.69) is 13.8 Å². The fourth-order valence-electron chi connectivity index (χ4n) is 3.27. The summed E-state index contributed by atoms with van der Waals surface area (Å²) in [6, 6.07) is 0. The molecule has 2 atom stereocenters. The molecule has 0 amide bonds. The Balaban J connectivity index is 1.90. The zero-order chi connectivity index (χ0) is 12.6. The van der Waals surface area contributed by atoms with Crippen LogP contribution in [0.1, 0.15) is 90.9 Å². The van der Waals surface area contributed by atoms with Crippen LogP contribution in [-0.4, -0.2) is 5.54 Å². The lowest BCUT2D eigenvalue weighted by Crippen LogP contribution is -2.36. The highest BCUT2D eigenvalue weighted by molar-refractivity contribution is 4.91. The Morgan fingerprint density at radius 3 is 2.12 bits per heavy atom. The average Bonchev–Trinajstić information content (AvgIpc) is 2.63. The molecule has 0 saturated heterocycles. The zero-order valence-electron chi connectivity index (χ0n) is 12.1. The van der Waals surface area contributed by atoms with E-state index in [1.165, 1.54) is 77.0 Å². The molecule has 1 nitrogen and oxygen atoms in total. The highest BCUT2D eigenvalue weighted by atomic mass is 14.8. The largest absolute Gasteiger partial charge is 0.325 e. The quantitative estimate of drug-likeness (QED) is 0.561. The van der Waals surface area contributed by atoms with Gasteiger partial charge in [0, 0.05) is 5.54 Å². The van der Waals surface area contributed by atoms with Gasteiger partial charge in [-0.25, -0.2) is 0 Å². The molecule has 102 valence electrons. The summed E-state index contributed by atoms with van der Waals surface area (Å²) in [5.41, 5.74) is 6.64. The maximum Gasteiger partial charge on any atom is 0.0157 e. The van der Waals surface area contributed by atoms with E-state index in [4.69, 9.17) is 5.73 Å². The van der Waals surface area contributed by atoms with E-state index >= 15 is 0 Å². The van der Waals surface area contributed by atoms with Crippen molar-refractivity contribution >= 4 is 0 Å². The molecule has 1 rings (SSSR count). The topological polar surface area (TPSA) is 26.0 Å². The Labute approximate surface area is 109 Å². The Morgan fingerprint density at radius 1 is 1.00 bits per heavy atom. The maximum absolute atomic E-state index is 6.43. The SMILES string of the molecule is CCCCCCCCCCC1(N)CCC(C)C1. The summed E-state index contributed by atoms with van der Waals surface area (Å²) in [5.74, 6) is 0.869. The molecule has 0 heterocycles. The van der Waals surface area contributed by atoms with Gasteiger partial charge in [-0.15, -0.1) is 0 Å². The number of nitrogens with two attached hydrogens (primary N) is 1. The van der Waals surface area contributed by atoms with Gasteiger partial charge in [-0.1, -0.05) is 65.2 Å². The van der Waals surface area contributed by atoms with Crippen molar-refractivity contribution < 1.29 is 0 Å². The first kappa shape index (κ1) is 15.0. The normalized spacial score (nSPS) is 28.8. The van der Waals surface area contributed by atoms with E-state index in [0.29, 0.717) is 0 Å². The lowest BCUT2D eigenvalue weighted by atomic mass is 9.90. The van der Waals surface area contributed by atoms with Crippen LogP contribution in [-0.2, 0) is 0 Å². The van der Waals surface area contributed by atoms with Crippen molar-refractivity contribution in [2.24, 2.45) is 11.7 Å². The summed E-state index contributed by atoms with van der Waals surface area (Å²) in [5, 5.41) is 0. The third-order valence-corrected chi connectivity index (χ3v) is 4.42. The minimum atomic E-state index is 0.210. The highest BCUT2D eigenvalue weighted by Gasteiger charge is 2.32. The van der Waals surface area contributed by atoms with Gasteiger partial charge in [0.05, 0.1) is 0 Å². The molecule has 17 heavy (non-hydrogen) atoms.